The van der Waals surface area contributed by atoms with Gasteiger partial charge in [0, 0.05) is 36.8 Å². The molecule has 0 radical (unpaired) electrons. The van der Waals surface area contributed by atoms with Crippen molar-refractivity contribution in [1.82, 2.24) is 4.90 Å². The number of rotatable bonds is 6. The van der Waals surface area contributed by atoms with E-state index in [2.05, 4.69) is 17.0 Å². The lowest BCUT2D eigenvalue weighted by Gasteiger charge is -2.37. The molecule has 0 bridgehead atoms. The van der Waals surface area contributed by atoms with Crippen molar-refractivity contribution < 1.29 is 14.3 Å². The molecule has 0 unspecified atom stereocenters. The fourth-order valence-electron chi connectivity index (χ4n) is 3.15. The van der Waals surface area contributed by atoms with Gasteiger partial charge in [-0.1, -0.05) is 36.4 Å². The van der Waals surface area contributed by atoms with Gasteiger partial charge in [-0.05, 0) is 38.1 Å². The van der Waals surface area contributed by atoms with E-state index in [0.29, 0.717) is 13.1 Å². The Bertz CT molecular complexity index is 777. The van der Waals surface area contributed by atoms with E-state index in [1.165, 1.54) is 17.4 Å². The highest BCUT2D eigenvalue weighted by Gasteiger charge is 2.28. The molecule has 0 aromatic heterocycles. The number of esters is 1. The standard InChI is InChI=1S/C22H26N2O3S/c1-17(27-22(26)18(2)28-20-11-7-4-8-12-20)21(25)24-15-13-23(14-16-24)19-9-5-3-6-10-19/h3-12,17-18H,13-16H2,1-2H3/t17-,18-/m1/s1. The van der Waals surface area contributed by atoms with E-state index in [4.69, 9.17) is 4.74 Å². The molecule has 0 saturated carbocycles. The van der Waals surface area contributed by atoms with Crippen molar-refractivity contribution in [1.29, 1.82) is 0 Å². The SMILES string of the molecule is C[C@@H](OC(=O)[C@@H](C)Sc1ccccc1)C(=O)N1CCN(c2ccccc2)CC1. The molecule has 2 aromatic carbocycles. The van der Waals surface area contributed by atoms with E-state index in [9.17, 15) is 9.59 Å². The number of para-hydroxylation sites is 1. The van der Waals surface area contributed by atoms with Gasteiger partial charge in [0.1, 0.15) is 5.25 Å². The van der Waals surface area contributed by atoms with E-state index >= 15 is 0 Å². The Kier molecular flexibility index (Phi) is 6.98. The molecule has 2 atom stereocenters. The van der Waals surface area contributed by atoms with E-state index in [1.54, 1.807) is 18.7 Å². The molecule has 1 amide bonds. The van der Waals surface area contributed by atoms with E-state index in [1.807, 2.05) is 48.5 Å². The molecule has 0 spiro atoms. The van der Waals surface area contributed by atoms with Crippen molar-refractivity contribution >= 4 is 29.3 Å². The third kappa shape index (κ3) is 5.29. The fraction of sp³-hybridized carbons (Fsp3) is 0.364. The maximum absolute atomic E-state index is 12.7. The van der Waals surface area contributed by atoms with Gasteiger partial charge in [-0.2, -0.15) is 0 Å². The molecule has 2 aromatic rings. The predicted octanol–water partition coefficient (Wildman–Crippen LogP) is 3.45. The van der Waals surface area contributed by atoms with Crippen molar-refractivity contribution in [2.75, 3.05) is 31.1 Å². The minimum atomic E-state index is -0.769. The maximum Gasteiger partial charge on any atom is 0.319 e. The Morgan fingerprint density at radius 3 is 2.07 bits per heavy atom. The highest BCUT2D eigenvalue weighted by atomic mass is 32.2. The lowest BCUT2D eigenvalue weighted by atomic mass is 10.2. The summed E-state index contributed by atoms with van der Waals surface area (Å²) in [4.78, 5) is 30.1. The molecule has 148 valence electrons. The van der Waals surface area contributed by atoms with Crippen molar-refractivity contribution in [2.45, 2.75) is 30.1 Å². The van der Waals surface area contributed by atoms with Crippen molar-refractivity contribution in [3.8, 4) is 0 Å². The van der Waals surface area contributed by atoms with Crippen LogP contribution >= 0.6 is 11.8 Å². The number of amides is 1. The topological polar surface area (TPSA) is 49.9 Å². The molecule has 6 heteroatoms. The summed E-state index contributed by atoms with van der Waals surface area (Å²) in [5.41, 5.74) is 1.17. The van der Waals surface area contributed by atoms with Crippen LogP contribution in [0.2, 0.25) is 0 Å². The minimum absolute atomic E-state index is 0.127. The van der Waals surface area contributed by atoms with Gasteiger partial charge < -0.3 is 14.5 Å². The van der Waals surface area contributed by atoms with Gasteiger partial charge in [0.25, 0.3) is 5.91 Å². The van der Waals surface area contributed by atoms with Crippen LogP contribution in [-0.4, -0.2) is 54.3 Å². The van der Waals surface area contributed by atoms with Crippen LogP contribution in [0.4, 0.5) is 5.69 Å². The number of benzene rings is 2. The molecule has 1 saturated heterocycles. The Morgan fingerprint density at radius 1 is 0.893 bits per heavy atom. The Balaban J connectivity index is 1.47. The molecule has 5 nitrogen and oxygen atoms in total. The number of thioether (sulfide) groups is 1. The average molecular weight is 399 g/mol. The van der Waals surface area contributed by atoms with Gasteiger partial charge in [-0.15, -0.1) is 11.8 Å². The lowest BCUT2D eigenvalue weighted by Crippen LogP contribution is -2.51. The van der Waals surface area contributed by atoms with Gasteiger partial charge in [-0.3, -0.25) is 9.59 Å². The van der Waals surface area contributed by atoms with Gasteiger partial charge >= 0.3 is 5.97 Å². The third-order valence-electron chi connectivity index (χ3n) is 4.74. The second kappa shape index (κ2) is 9.64. The number of nitrogens with zero attached hydrogens (tertiary/aromatic N) is 2. The Hall–Kier alpha value is -2.47. The van der Waals surface area contributed by atoms with Crippen LogP contribution in [0.3, 0.4) is 0 Å². The highest BCUT2D eigenvalue weighted by molar-refractivity contribution is 8.00. The predicted molar refractivity (Wildman–Crippen MR) is 113 cm³/mol. The average Bonchev–Trinajstić information content (AvgIpc) is 2.74. The molecule has 1 aliphatic heterocycles. The summed E-state index contributed by atoms with van der Waals surface area (Å²) in [6, 6.07) is 19.9. The van der Waals surface area contributed by atoms with Crippen LogP contribution in [0, 0.1) is 0 Å². The zero-order valence-corrected chi connectivity index (χ0v) is 17.1. The largest absolute Gasteiger partial charge is 0.452 e. The van der Waals surface area contributed by atoms with Crippen LogP contribution in [0.25, 0.3) is 0 Å². The van der Waals surface area contributed by atoms with Crippen LogP contribution < -0.4 is 4.90 Å². The van der Waals surface area contributed by atoms with Crippen molar-refractivity contribution in [3.05, 3.63) is 60.7 Å². The fourth-order valence-corrected chi connectivity index (χ4v) is 4.03. The van der Waals surface area contributed by atoms with Gasteiger partial charge in [-0.25, -0.2) is 0 Å². The first-order chi connectivity index (χ1) is 13.5. The molecule has 0 N–H and O–H groups in total. The normalized spacial score (nSPS) is 16.4. The Labute approximate surface area is 170 Å². The second-order valence-electron chi connectivity index (χ2n) is 6.80. The molecule has 1 heterocycles. The summed E-state index contributed by atoms with van der Waals surface area (Å²) >= 11 is 1.43. The molecule has 0 aliphatic carbocycles. The first kappa shape index (κ1) is 20.3. The van der Waals surface area contributed by atoms with Gasteiger partial charge in [0.2, 0.25) is 0 Å². The summed E-state index contributed by atoms with van der Waals surface area (Å²) in [7, 11) is 0. The monoisotopic (exact) mass is 398 g/mol. The van der Waals surface area contributed by atoms with Gasteiger partial charge in [0.05, 0.1) is 0 Å². The number of anilines is 1. The summed E-state index contributed by atoms with van der Waals surface area (Å²) in [6.45, 7) is 6.26. The van der Waals surface area contributed by atoms with Crippen molar-refractivity contribution in [2.24, 2.45) is 0 Å². The summed E-state index contributed by atoms with van der Waals surface area (Å²) in [5.74, 6) is -0.490. The number of piperazine rings is 1. The molecule has 3 rings (SSSR count). The molecule has 1 aliphatic rings. The van der Waals surface area contributed by atoms with Crippen LogP contribution in [-0.2, 0) is 14.3 Å². The zero-order chi connectivity index (χ0) is 19.9. The van der Waals surface area contributed by atoms with E-state index in [0.717, 1.165) is 18.0 Å². The second-order valence-corrected chi connectivity index (χ2v) is 8.21. The lowest BCUT2D eigenvalue weighted by molar-refractivity contribution is -0.158. The first-order valence-electron chi connectivity index (χ1n) is 9.55. The quantitative estimate of drug-likeness (QED) is 0.551. The number of hydrogen-bond donors (Lipinski definition) is 0. The smallest absolute Gasteiger partial charge is 0.319 e. The summed E-state index contributed by atoms with van der Waals surface area (Å²) in [5, 5.41) is -0.368. The highest BCUT2D eigenvalue weighted by Crippen LogP contribution is 2.24. The maximum atomic E-state index is 12.7. The van der Waals surface area contributed by atoms with Crippen LogP contribution in [0.5, 0.6) is 0 Å². The number of carbonyl (C=O) groups is 2. The van der Waals surface area contributed by atoms with Gasteiger partial charge in [0.15, 0.2) is 6.10 Å². The van der Waals surface area contributed by atoms with E-state index in [-0.39, 0.29) is 17.1 Å². The summed E-state index contributed by atoms with van der Waals surface area (Å²) < 4.78 is 5.45. The zero-order valence-electron chi connectivity index (χ0n) is 16.3. The van der Waals surface area contributed by atoms with Crippen LogP contribution in [0.15, 0.2) is 65.6 Å². The van der Waals surface area contributed by atoms with E-state index < -0.39 is 6.10 Å². The molecular weight excluding hydrogens is 372 g/mol. The van der Waals surface area contributed by atoms with Crippen LogP contribution in [0.1, 0.15) is 13.8 Å². The minimum Gasteiger partial charge on any atom is -0.452 e. The molecular formula is C22H26N2O3S. The number of hydrogen-bond acceptors (Lipinski definition) is 5. The number of ether oxygens (including phenoxy) is 1. The number of carbonyl (C=O) groups excluding carboxylic acids is 2. The molecule has 28 heavy (non-hydrogen) atoms. The van der Waals surface area contributed by atoms with Crippen molar-refractivity contribution in [3.63, 3.8) is 0 Å². The first-order valence-corrected chi connectivity index (χ1v) is 10.4. The summed E-state index contributed by atoms with van der Waals surface area (Å²) in [6.07, 6.45) is -0.769. The molecule has 1 fully saturated rings. The third-order valence-corrected chi connectivity index (χ3v) is 5.83. The Morgan fingerprint density at radius 2 is 1.46 bits per heavy atom.